The van der Waals surface area contributed by atoms with Crippen molar-refractivity contribution in [3.05, 3.63) is 57.5 Å². The topological polar surface area (TPSA) is 50.5 Å². The third-order valence-corrected chi connectivity index (χ3v) is 4.76. The summed E-state index contributed by atoms with van der Waals surface area (Å²) in [6.45, 7) is 2.07. The van der Waals surface area contributed by atoms with Gasteiger partial charge < -0.3 is 4.90 Å². The number of thiophene rings is 1. The van der Waals surface area contributed by atoms with Gasteiger partial charge in [0.15, 0.2) is 0 Å². The van der Waals surface area contributed by atoms with Gasteiger partial charge in [0.2, 0.25) is 0 Å². The molecule has 1 aromatic carbocycles. The lowest BCUT2D eigenvalue weighted by Crippen LogP contribution is -2.16. The first-order valence-corrected chi connectivity index (χ1v) is 8.22. The zero-order chi connectivity index (χ0) is 16.4. The summed E-state index contributed by atoms with van der Waals surface area (Å²) in [4.78, 5) is 20.7. The summed E-state index contributed by atoms with van der Waals surface area (Å²) >= 11 is 1.56. The van der Waals surface area contributed by atoms with Crippen LogP contribution in [-0.2, 0) is 6.42 Å². The van der Waals surface area contributed by atoms with Crippen molar-refractivity contribution < 1.29 is 0 Å². The van der Waals surface area contributed by atoms with Gasteiger partial charge in [-0.15, -0.1) is 11.3 Å². The minimum Gasteiger partial charge on any atom is -0.378 e. The summed E-state index contributed by atoms with van der Waals surface area (Å²) < 4.78 is 1.29. The molecule has 0 unspecified atom stereocenters. The van der Waals surface area contributed by atoms with E-state index in [1.54, 1.807) is 17.6 Å². The molecular formula is C17H18N4OS. The summed E-state index contributed by atoms with van der Waals surface area (Å²) in [6, 6.07) is 9.87. The van der Waals surface area contributed by atoms with Crippen LogP contribution in [0.25, 0.3) is 10.2 Å². The van der Waals surface area contributed by atoms with Gasteiger partial charge in [-0.05, 0) is 30.2 Å². The largest absolute Gasteiger partial charge is 0.378 e. The maximum absolute atomic E-state index is 12.4. The number of aryl methyl sites for hydroxylation is 1. The lowest BCUT2D eigenvalue weighted by atomic mass is 10.2. The molecule has 0 saturated carbocycles. The van der Waals surface area contributed by atoms with Crippen LogP contribution in [0.15, 0.2) is 46.6 Å². The first kappa shape index (κ1) is 15.4. The molecule has 0 amide bonds. The maximum Gasteiger partial charge on any atom is 0.282 e. The average Bonchev–Trinajstić information content (AvgIpc) is 2.99. The highest BCUT2D eigenvalue weighted by Crippen LogP contribution is 2.20. The number of aromatic nitrogens is 2. The predicted molar refractivity (Wildman–Crippen MR) is 97.0 cm³/mol. The Hall–Kier alpha value is -2.47. The van der Waals surface area contributed by atoms with E-state index in [0.717, 1.165) is 27.4 Å². The number of fused-ring (bicyclic) bond motifs is 1. The van der Waals surface area contributed by atoms with Crippen molar-refractivity contribution in [2.45, 2.75) is 13.3 Å². The normalized spacial score (nSPS) is 11.4. The van der Waals surface area contributed by atoms with E-state index >= 15 is 0 Å². The zero-order valence-electron chi connectivity index (χ0n) is 13.4. The SMILES string of the molecule is CCc1cc2c(=O)n(/N=C\c3ccc(N(C)C)cc3)cnc2s1. The standard InChI is InChI=1S/C17H18N4OS/c1-4-14-9-15-16(23-14)18-11-21(17(15)22)19-10-12-5-7-13(8-6-12)20(2)3/h5-11H,4H2,1-3H3/b19-10-. The van der Waals surface area contributed by atoms with E-state index in [-0.39, 0.29) is 5.56 Å². The molecule has 23 heavy (non-hydrogen) atoms. The van der Waals surface area contributed by atoms with Crippen LogP contribution in [0.3, 0.4) is 0 Å². The van der Waals surface area contributed by atoms with Gasteiger partial charge in [-0.2, -0.15) is 9.78 Å². The van der Waals surface area contributed by atoms with E-state index in [0.29, 0.717) is 5.39 Å². The highest BCUT2D eigenvalue weighted by atomic mass is 32.1. The number of hydrogen-bond donors (Lipinski definition) is 0. The van der Waals surface area contributed by atoms with Gasteiger partial charge in [-0.25, -0.2) is 4.98 Å². The second kappa shape index (κ2) is 6.34. The highest BCUT2D eigenvalue weighted by molar-refractivity contribution is 7.18. The first-order chi connectivity index (χ1) is 11.1. The molecule has 3 aromatic rings. The summed E-state index contributed by atoms with van der Waals surface area (Å²) in [7, 11) is 3.99. The van der Waals surface area contributed by atoms with E-state index in [1.165, 1.54) is 11.0 Å². The molecule has 0 bridgehead atoms. The minimum atomic E-state index is -0.132. The van der Waals surface area contributed by atoms with Crippen LogP contribution in [0, 0.1) is 0 Å². The number of nitrogens with zero attached hydrogens (tertiary/aromatic N) is 4. The Morgan fingerprint density at radius 3 is 2.70 bits per heavy atom. The van der Waals surface area contributed by atoms with E-state index in [2.05, 4.69) is 17.0 Å². The highest BCUT2D eigenvalue weighted by Gasteiger charge is 2.07. The molecule has 0 spiro atoms. The Labute approximate surface area is 138 Å². The zero-order valence-corrected chi connectivity index (χ0v) is 14.2. The molecule has 0 atom stereocenters. The van der Waals surface area contributed by atoms with Crippen molar-refractivity contribution in [1.29, 1.82) is 0 Å². The molecule has 0 radical (unpaired) electrons. The molecule has 6 heteroatoms. The van der Waals surface area contributed by atoms with E-state index in [9.17, 15) is 4.79 Å². The molecule has 0 aliphatic rings. The third-order valence-electron chi connectivity index (χ3n) is 3.58. The summed E-state index contributed by atoms with van der Waals surface area (Å²) in [5, 5.41) is 4.88. The molecule has 118 valence electrons. The quantitative estimate of drug-likeness (QED) is 0.693. The molecule has 0 aliphatic heterocycles. The van der Waals surface area contributed by atoms with Gasteiger partial charge in [-0.3, -0.25) is 4.79 Å². The molecular weight excluding hydrogens is 308 g/mol. The fourth-order valence-corrected chi connectivity index (χ4v) is 3.13. The molecule has 2 aromatic heterocycles. The predicted octanol–water partition coefficient (Wildman–Crippen LogP) is 2.97. The Balaban J connectivity index is 1.91. The van der Waals surface area contributed by atoms with Gasteiger partial charge in [0.25, 0.3) is 5.56 Å². The van der Waals surface area contributed by atoms with Crippen LogP contribution in [0.5, 0.6) is 0 Å². The van der Waals surface area contributed by atoms with Crippen LogP contribution in [0.2, 0.25) is 0 Å². The molecule has 0 saturated heterocycles. The number of rotatable bonds is 4. The Morgan fingerprint density at radius 2 is 2.04 bits per heavy atom. The van der Waals surface area contributed by atoms with E-state index in [1.807, 2.05) is 49.3 Å². The van der Waals surface area contributed by atoms with Crippen LogP contribution >= 0.6 is 11.3 Å². The fourth-order valence-electron chi connectivity index (χ4n) is 2.21. The van der Waals surface area contributed by atoms with Crippen molar-refractivity contribution in [3.8, 4) is 0 Å². The fraction of sp³-hybridized carbons (Fsp3) is 0.235. The third kappa shape index (κ3) is 3.17. The van der Waals surface area contributed by atoms with Crippen molar-refractivity contribution in [2.75, 3.05) is 19.0 Å². The Bertz CT molecular complexity index is 906. The van der Waals surface area contributed by atoms with Gasteiger partial charge in [-0.1, -0.05) is 19.1 Å². The van der Waals surface area contributed by atoms with Crippen LogP contribution in [-0.4, -0.2) is 30.0 Å². The summed E-state index contributed by atoms with van der Waals surface area (Å²) in [5.41, 5.74) is 1.92. The number of hydrogen-bond acceptors (Lipinski definition) is 5. The second-order valence-corrected chi connectivity index (χ2v) is 6.53. The number of benzene rings is 1. The minimum absolute atomic E-state index is 0.132. The van der Waals surface area contributed by atoms with Crippen molar-refractivity contribution in [1.82, 2.24) is 9.66 Å². The monoisotopic (exact) mass is 326 g/mol. The van der Waals surface area contributed by atoms with Crippen LogP contribution in [0.4, 0.5) is 5.69 Å². The molecule has 2 heterocycles. The lowest BCUT2D eigenvalue weighted by Gasteiger charge is -2.11. The Morgan fingerprint density at radius 1 is 1.30 bits per heavy atom. The van der Waals surface area contributed by atoms with E-state index in [4.69, 9.17) is 0 Å². The number of anilines is 1. The molecule has 0 N–H and O–H groups in total. The van der Waals surface area contributed by atoms with Gasteiger partial charge in [0.05, 0.1) is 11.6 Å². The smallest absolute Gasteiger partial charge is 0.282 e. The second-order valence-electron chi connectivity index (χ2n) is 5.41. The molecule has 5 nitrogen and oxygen atoms in total. The van der Waals surface area contributed by atoms with Crippen LogP contribution in [0.1, 0.15) is 17.4 Å². The lowest BCUT2D eigenvalue weighted by molar-refractivity contribution is 0.818. The molecule has 3 rings (SSSR count). The van der Waals surface area contributed by atoms with Gasteiger partial charge in [0, 0.05) is 24.7 Å². The molecule has 0 aliphatic carbocycles. The van der Waals surface area contributed by atoms with Crippen molar-refractivity contribution >= 4 is 33.5 Å². The summed E-state index contributed by atoms with van der Waals surface area (Å²) in [6.07, 6.45) is 4.05. The first-order valence-electron chi connectivity index (χ1n) is 7.40. The van der Waals surface area contributed by atoms with Crippen molar-refractivity contribution in [2.24, 2.45) is 5.10 Å². The van der Waals surface area contributed by atoms with Gasteiger partial charge in [0.1, 0.15) is 11.2 Å². The van der Waals surface area contributed by atoms with Crippen molar-refractivity contribution in [3.63, 3.8) is 0 Å². The van der Waals surface area contributed by atoms with Gasteiger partial charge >= 0.3 is 0 Å². The average molecular weight is 326 g/mol. The summed E-state index contributed by atoms with van der Waals surface area (Å²) in [5.74, 6) is 0. The maximum atomic E-state index is 12.4. The molecule has 0 fully saturated rings. The van der Waals surface area contributed by atoms with E-state index < -0.39 is 0 Å². The van der Waals surface area contributed by atoms with Crippen LogP contribution < -0.4 is 10.5 Å². The Kier molecular flexibility index (Phi) is 4.25.